The number of thiophene rings is 1. The van der Waals surface area contributed by atoms with Crippen LogP contribution in [-0.4, -0.2) is 17.0 Å². The van der Waals surface area contributed by atoms with Crippen LogP contribution in [0.15, 0.2) is 35.7 Å². The van der Waals surface area contributed by atoms with Crippen LogP contribution in [0.5, 0.6) is 0 Å². The van der Waals surface area contributed by atoms with Crippen molar-refractivity contribution in [3.8, 4) is 0 Å². The quantitative estimate of drug-likeness (QED) is 0.905. The molecule has 1 aromatic carbocycles. The second kappa shape index (κ2) is 5.69. The molecule has 1 amide bonds. The molecule has 0 aliphatic heterocycles. The van der Waals surface area contributed by atoms with Crippen molar-refractivity contribution in [1.82, 2.24) is 0 Å². The number of hydrogen-bond donors (Lipinski definition) is 2. The molecule has 2 aromatic rings. The van der Waals surface area contributed by atoms with Crippen molar-refractivity contribution in [3.05, 3.63) is 51.7 Å². The molecule has 2 N–H and O–H groups in total. The van der Waals surface area contributed by atoms with E-state index in [9.17, 15) is 14.7 Å². The Morgan fingerprint density at radius 1 is 1.19 bits per heavy atom. The van der Waals surface area contributed by atoms with Crippen molar-refractivity contribution >= 4 is 28.9 Å². The molecule has 21 heavy (non-hydrogen) atoms. The van der Waals surface area contributed by atoms with Crippen LogP contribution < -0.4 is 5.32 Å². The second-order valence-electron chi connectivity index (χ2n) is 5.37. The second-order valence-corrected chi connectivity index (χ2v) is 6.25. The average Bonchev–Trinajstić information content (AvgIpc) is 2.81. The number of carbonyl (C=O) groups excluding carboxylic acids is 1. The lowest BCUT2D eigenvalue weighted by Gasteiger charge is -2.24. The zero-order valence-corrected chi connectivity index (χ0v) is 13.0. The first-order valence-electron chi connectivity index (χ1n) is 6.52. The van der Waals surface area contributed by atoms with Crippen molar-refractivity contribution in [2.45, 2.75) is 26.2 Å². The number of aromatic carboxylic acids is 1. The predicted molar refractivity (Wildman–Crippen MR) is 84.1 cm³/mol. The van der Waals surface area contributed by atoms with Crippen LogP contribution in [-0.2, 0) is 10.2 Å². The number of carboxylic acids is 1. The number of nitrogens with one attached hydrogen (secondary N) is 1. The minimum absolute atomic E-state index is 0.157. The Morgan fingerprint density at radius 3 is 2.38 bits per heavy atom. The van der Waals surface area contributed by atoms with Gasteiger partial charge in [-0.25, -0.2) is 4.79 Å². The molecule has 0 spiro atoms. The fourth-order valence-corrected chi connectivity index (χ4v) is 2.86. The molecular formula is C16H17NO3S. The number of amides is 1. The molecule has 110 valence electrons. The molecule has 0 aliphatic rings. The third-order valence-corrected chi connectivity index (χ3v) is 4.56. The van der Waals surface area contributed by atoms with Crippen molar-refractivity contribution in [2.75, 3.05) is 5.32 Å². The first-order chi connectivity index (χ1) is 9.84. The largest absolute Gasteiger partial charge is 0.477 e. The van der Waals surface area contributed by atoms with Gasteiger partial charge in [0, 0.05) is 0 Å². The third kappa shape index (κ3) is 2.97. The summed E-state index contributed by atoms with van der Waals surface area (Å²) < 4.78 is 0. The van der Waals surface area contributed by atoms with E-state index in [0.717, 1.165) is 22.5 Å². The highest BCUT2D eigenvalue weighted by Crippen LogP contribution is 2.31. The smallest absolute Gasteiger partial charge is 0.348 e. The van der Waals surface area contributed by atoms with Gasteiger partial charge in [-0.2, -0.15) is 0 Å². The van der Waals surface area contributed by atoms with Gasteiger partial charge in [0.15, 0.2) is 0 Å². The monoisotopic (exact) mass is 303 g/mol. The number of anilines is 1. The van der Waals surface area contributed by atoms with Crippen molar-refractivity contribution in [3.63, 3.8) is 0 Å². The maximum absolute atomic E-state index is 12.6. The molecule has 0 saturated heterocycles. The molecule has 1 aromatic heterocycles. The Bertz CT molecular complexity index is 674. The van der Waals surface area contributed by atoms with Crippen LogP contribution in [0.4, 0.5) is 5.69 Å². The minimum Gasteiger partial charge on any atom is -0.477 e. The lowest BCUT2D eigenvalue weighted by molar-refractivity contribution is -0.120. The average molecular weight is 303 g/mol. The van der Waals surface area contributed by atoms with E-state index in [0.29, 0.717) is 5.69 Å². The number of carboxylic acid groups (broad SMARTS) is 1. The van der Waals surface area contributed by atoms with Crippen LogP contribution >= 0.6 is 11.3 Å². The number of rotatable bonds is 4. The lowest BCUT2D eigenvalue weighted by atomic mass is 9.83. The SMILES string of the molecule is Cc1csc(C(=O)O)c1NC(=O)C(C)(C)c1ccccc1. The summed E-state index contributed by atoms with van der Waals surface area (Å²) in [4.78, 5) is 23.9. The summed E-state index contributed by atoms with van der Waals surface area (Å²) in [5.41, 5.74) is 1.29. The molecule has 2 rings (SSSR count). The standard InChI is InChI=1S/C16H17NO3S/c1-10-9-21-13(14(18)19)12(10)17-15(20)16(2,3)11-7-5-4-6-8-11/h4-9H,1-3H3,(H,17,20)(H,18,19). The van der Waals surface area contributed by atoms with E-state index in [2.05, 4.69) is 5.32 Å². The van der Waals surface area contributed by atoms with Gasteiger partial charge in [-0.05, 0) is 37.3 Å². The van der Waals surface area contributed by atoms with Crippen molar-refractivity contribution in [2.24, 2.45) is 0 Å². The van der Waals surface area contributed by atoms with Gasteiger partial charge in [0.05, 0.1) is 11.1 Å². The van der Waals surface area contributed by atoms with E-state index in [-0.39, 0.29) is 10.8 Å². The summed E-state index contributed by atoms with van der Waals surface area (Å²) in [7, 11) is 0. The predicted octanol–water partition coefficient (Wildman–Crippen LogP) is 3.67. The van der Waals surface area contributed by atoms with E-state index in [1.807, 2.05) is 44.2 Å². The summed E-state index contributed by atoms with van der Waals surface area (Å²) in [5.74, 6) is -1.25. The van der Waals surface area contributed by atoms with E-state index < -0.39 is 11.4 Å². The topological polar surface area (TPSA) is 66.4 Å². The Labute approximate surface area is 127 Å². The third-order valence-electron chi connectivity index (χ3n) is 3.47. The zero-order chi connectivity index (χ0) is 15.6. The summed E-state index contributed by atoms with van der Waals surface area (Å²) in [6.45, 7) is 5.42. The number of aryl methyl sites for hydroxylation is 1. The maximum atomic E-state index is 12.6. The molecule has 0 radical (unpaired) electrons. The Hall–Kier alpha value is -2.14. The Kier molecular flexibility index (Phi) is 4.14. The van der Waals surface area contributed by atoms with Crippen LogP contribution in [0.3, 0.4) is 0 Å². The van der Waals surface area contributed by atoms with E-state index in [4.69, 9.17) is 0 Å². The molecule has 0 aliphatic carbocycles. The molecule has 0 unspecified atom stereocenters. The Balaban J connectivity index is 2.30. The van der Waals surface area contributed by atoms with E-state index >= 15 is 0 Å². The molecule has 1 heterocycles. The van der Waals surface area contributed by atoms with Crippen LogP contribution in [0, 0.1) is 6.92 Å². The summed E-state index contributed by atoms with van der Waals surface area (Å²) in [5, 5.41) is 13.7. The van der Waals surface area contributed by atoms with Crippen LogP contribution in [0.2, 0.25) is 0 Å². The highest BCUT2D eigenvalue weighted by Gasteiger charge is 2.31. The van der Waals surface area contributed by atoms with Crippen molar-refractivity contribution < 1.29 is 14.7 Å². The van der Waals surface area contributed by atoms with Gasteiger partial charge in [-0.1, -0.05) is 30.3 Å². The molecule has 0 saturated carbocycles. The number of carbonyl (C=O) groups is 2. The molecule has 0 atom stereocenters. The first kappa shape index (κ1) is 15.3. The minimum atomic E-state index is -1.03. The fourth-order valence-electron chi connectivity index (χ4n) is 2.01. The number of benzene rings is 1. The van der Waals surface area contributed by atoms with Crippen molar-refractivity contribution in [1.29, 1.82) is 0 Å². The number of hydrogen-bond acceptors (Lipinski definition) is 3. The molecule has 0 bridgehead atoms. The molecule has 4 nitrogen and oxygen atoms in total. The van der Waals surface area contributed by atoms with E-state index in [1.165, 1.54) is 0 Å². The fraction of sp³-hybridized carbons (Fsp3) is 0.250. The first-order valence-corrected chi connectivity index (χ1v) is 7.40. The molecule has 5 heteroatoms. The van der Waals surface area contributed by atoms with Gasteiger partial charge < -0.3 is 10.4 Å². The van der Waals surface area contributed by atoms with Gasteiger partial charge >= 0.3 is 5.97 Å². The van der Waals surface area contributed by atoms with Gasteiger partial charge in [0.2, 0.25) is 5.91 Å². The van der Waals surface area contributed by atoms with Crippen LogP contribution in [0.25, 0.3) is 0 Å². The molecular weight excluding hydrogens is 286 g/mol. The van der Waals surface area contributed by atoms with E-state index in [1.54, 1.807) is 12.3 Å². The van der Waals surface area contributed by atoms with Gasteiger partial charge in [0.25, 0.3) is 0 Å². The Morgan fingerprint density at radius 2 is 1.81 bits per heavy atom. The van der Waals surface area contributed by atoms with Gasteiger partial charge in [-0.3, -0.25) is 4.79 Å². The van der Waals surface area contributed by atoms with Gasteiger partial charge in [0.1, 0.15) is 4.88 Å². The molecule has 0 fully saturated rings. The summed E-state index contributed by atoms with van der Waals surface area (Å²) in [6, 6.07) is 9.42. The maximum Gasteiger partial charge on any atom is 0.348 e. The zero-order valence-electron chi connectivity index (χ0n) is 12.1. The highest BCUT2D eigenvalue weighted by molar-refractivity contribution is 7.12. The summed E-state index contributed by atoms with van der Waals surface area (Å²) >= 11 is 1.12. The normalized spacial score (nSPS) is 11.2. The summed E-state index contributed by atoms with van der Waals surface area (Å²) in [6.07, 6.45) is 0. The lowest BCUT2D eigenvalue weighted by Crippen LogP contribution is -2.35. The highest BCUT2D eigenvalue weighted by atomic mass is 32.1. The van der Waals surface area contributed by atoms with Crippen LogP contribution in [0.1, 0.15) is 34.6 Å². The van der Waals surface area contributed by atoms with Gasteiger partial charge in [-0.15, -0.1) is 11.3 Å².